The summed E-state index contributed by atoms with van der Waals surface area (Å²) in [5.74, 6) is 0. The third kappa shape index (κ3) is 7.48. The van der Waals surface area contributed by atoms with Gasteiger partial charge in [-0.2, -0.15) is 0 Å². The lowest BCUT2D eigenvalue weighted by Crippen LogP contribution is -1.73. The molecule has 0 amide bonds. The van der Waals surface area contributed by atoms with Crippen LogP contribution in [0, 0.1) is 6.58 Å². The lowest BCUT2D eigenvalue weighted by atomic mass is 10.1. The second-order valence-electron chi connectivity index (χ2n) is 2.44. The van der Waals surface area contributed by atoms with E-state index in [1.54, 1.807) is 6.08 Å². The van der Waals surface area contributed by atoms with Crippen LogP contribution in [0.15, 0.2) is 18.2 Å². The van der Waals surface area contributed by atoms with Gasteiger partial charge in [0.15, 0.2) is 0 Å². The molecule has 0 fully saturated rings. The molecule has 0 heteroatoms. The molecule has 1 radical (unpaired) electrons. The summed E-state index contributed by atoms with van der Waals surface area (Å²) in [7, 11) is 0. The van der Waals surface area contributed by atoms with Crippen LogP contribution in [-0.2, 0) is 0 Å². The van der Waals surface area contributed by atoms with Crippen LogP contribution in [0.25, 0.3) is 0 Å². The second-order valence-corrected chi connectivity index (χ2v) is 2.44. The molecule has 57 valence electrons. The summed E-state index contributed by atoms with van der Waals surface area (Å²) in [5.41, 5.74) is 0. The average molecular weight is 137 g/mol. The van der Waals surface area contributed by atoms with Crippen molar-refractivity contribution in [2.75, 3.05) is 0 Å². The van der Waals surface area contributed by atoms with E-state index in [-0.39, 0.29) is 0 Å². The third-order valence-electron chi connectivity index (χ3n) is 1.48. The maximum absolute atomic E-state index is 5.23. The molecule has 0 heterocycles. The zero-order valence-corrected chi connectivity index (χ0v) is 6.84. The van der Waals surface area contributed by atoms with Crippen LogP contribution in [0.5, 0.6) is 0 Å². The van der Waals surface area contributed by atoms with Gasteiger partial charge in [-0.25, -0.2) is 0 Å². The van der Waals surface area contributed by atoms with Crippen molar-refractivity contribution in [2.45, 2.75) is 39.0 Å². The van der Waals surface area contributed by atoms with Crippen LogP contribution < -0.4 is 0 Å². The minimum atomic E-state index is 1.07. The highest BCUT2D eigenvalue weighted by molar-refractivity contribution is 4.76. The Bertz CT molecular complexity index is 90.2. The van der Waals surface area contributed by atoms with Gasteiger partial charge in [0.05, 0.1) is 0 Å². The molecule has 0 nitrogen and oxygen atoms in total. The van der Waals surface area contributed by atoms with E-state index in [9.17, 15) is 0 Å². The average Bonchev–Trinajstić information content (AvgIpc) is 1.97. The fourth-order valence-electron chi connectivity index (χ4n) is 0.868. The van der Waals surface area contributed by atoms with Gasteiger partial charge in [0.25, 0.3) is 0 Å². The molecule has 0 aromatic carbocycles. The van der Waals surface area contributed by atoms with Crippen LogP contribution in [0.2, 0.25) is 0 Å². The first kappa shape index (κ1) is 9.48. The first-order chi connectivity index (χ1) is 4.91. The molecule has 0 rings (SSSR count). The largest absolute Gasteiger partial charge is 0.0917 e. The Morgan fingerprint density at radius 2 is 1.80 bits per heavy atom. The molecule has 0 aliphatic rings. The molecule has 0 aromatic rings. The minimum absolute atomic E-state index is 1.07. The lowest BCUT2D eigenvalue weighted by molar-refractivity contribution is 0.696. The molecule has 0 saturated heterocycles. The van der Waals surface area contributed by atoms with Crippen molar-refractivity contribution in [3.8, 4) is 0 Å². The SMILES string of the molecule is [CH]=CCCCCCC=CC. The number of unbranched alkanes of at least 4 members (excludes halogenated alkanes) is 4. The Labute approximate surface area is 64.6 Å². The Morgan fingerprint density at radius 1 is 1.10 bits per heavy atom. The van der Waals surface area contributed by atoms with Crippen molar-refractivity contribution in [3.63, 3.8) is 0 Å². The summed E-state index contributed by atoms with van der Waals surface area (Å²) in [5, 5.41) is 0. The Hall–Kier alpha value is -0.520. The predicted octanol–water partition coefficient (Wildman–Crippen LogP) is 3.50. The van der Waals surface area contributed by atoms with E-state index >= 15 is 0 Å². The number of allylic oxidation sites excluding steroid dienone is 3. The van der Waals surface area contributed by atoms with Gasteiger partial charge in [-0.05, 0) is 32.6 Å². The van der Waals surface area contributed by atoms with Gasteiger partial charge in [0.2, 0.25) is 0 Å². The molecule has 0 saturated carbocycles. The molecule has 0 unspecified atom stereocenters. The summed E-state index contributed by atoms with van der Waals surface area (Å²) >= 11 is 0. The van der Waals surface area contributed by atoms with E-state index in [1.807, 2.05) is 0 Å². The van der Waals surface area contributed by atoms with Crippen LogP contribution in [0.3, 0.4) is 0 Å². The van der Waals surface area contributed by atoms with Crippen molar-refractivity contribution >= 4 is 0 Å². The molecule has 0 aliphatic carbocycles. The molecule has 10 heavy (non-hydrogen) atoms. The molecule has 0 N–H and O–H groups in total. The summed E-state index contributed by atoms with van der Waals surface area (Å²) in [6, 6.07) is 0. The zero-order valence-electron chi connectivity index (χ0n) is 6.84. The van der Waals surface area contributed by atoms with Gasteiger partial charge < -0.3 is 0 Å². The first-order valence-corrected chi connectivity index (χ1v) is 4.06. The lowest BCUT2D eigenvalue weighted by Gasteiger charge is -1.93. The van der Waals surface area contributed by atoms with E-state index in [4.69, 9.17) is 6.58 Å². The van der Waals surface area contributed by atoms with Gasteiger partial charge >= 0.3 is 0 Å². The van der Waals surface area contributed by atoms with Gasteiger partial charge in [-0.1, -0.05) is 31.2 Å². The number of rotatable bonds is 6. The second kappa shape index (κ2) is 8.48. The molecule has 0 atom stereocenters. The Kier molecular flexibility index (Phi) is 8.04. The van der Waals surface area contributed by atoms with E-state index < -0.39 is 0 Å². The zero-order chi connectivity index (χ0) is 7.66. The van der Waals surface area contributed by atoms with Crippen LogP contribution in [0.1, 0.15) is 39.0 Å². The van der Waals surface area contributed by atoms with Crippen molar-refractivity contribution in [2.24, 2.45) is 0 Å². The minimum Gasteiger partial charge on any atom is -0.0917 e. The first-order valence-electron chi connectivity index (χ1n) is 4.06. The standard InChI is InChI=1S/C10H17/c1-3-5-7-9-10-8-6-4-2/h1,3-4,6H,5,7-10H2,2H3. The van der Waals surface area contributed by atoms with Crippen LogP contribution in [0.4, 0.5) is 0 Å². The molecular weight excluding hydrogens is 120 g/mol. The monoisotopic (exact) mass is 137 g/mol. The fraction of sp³-hybridized carbons (Fsp3) is 0.600. The van der Waals surface area contributed by atoms with E-state index in [1.165, 1.54) is 25.7 Å². The maximum atomic E-state index is 5.23. The highest BCUT2D eigenvalue weighted by Gasteiger charge is 1.83. The Morgan fingerprint density at radius 3 is 2.40 bits per heavy atom. The summed E-state index contributed by atoms with van der Waals surface area (Å²) in [4.78, 5) is 0. The number of hydrogen-bond donors (Lipinski definition) is 0. The van der Waals surface area contributed by atoms with Crippen molar-refractivity contribution in [1.29, 1.82) is 0 Å². The van der Waals surface area contributed by atoms with E-state index in [2.05, 4.69) is 19.1 Å². The van der Waals surface area contributed by atoms with Gasteiger partial charge in [-0.3, -0.25) is 0 Å². The molecular formula is C10H17. The fourth-order valence-corrected chi connectivity index (χ4v) is 0.868. The normalized spacial score (nSPS) is 10.5. The summed E-state index contributed by atoms with van der Waals surface area (Å²) in [6.07, 6.45) is 12.2. The van der Waals surface area contributed by atoms with E-state index in [0.29, 0.717) is 0 Å². The smallest absolute Gasteiger partial charge is 0.0348 e. The van der Waals surface area contributed by atoms with Crippen molar-refractivity contribution < 1.29 is 0 Å². The van der Waals surface area contributed by atoms with Crippen LogP contribution >= 0.6 is 0 Å². The molecule has 0 bridgehead atoms. The quantitative estimate of drug-likeness (QED) is 0.388. The number of hydrogen-bond acceptors (Lipinski definition) is 0. The van der Waals surface area contributed by atoms with Gasteiger partial charge in [0, 0.05) is 0 Å². The molecule has 0 aromatic heterocycles. The Balaban J connectivity index is 2.83. The van der Waals surface area contributed by atoms with Gasteiger partial charge in [-0.15, -0.1) is 0 Å². The van der Waals surface area contributed by atoms with E-state index in [0.717, 1.165) is 6.42 Å². The van der Waals surface area contributed by atoms with Crippen LogP contribution in [-0.4, -0.2) is 0 Å². The highest BCUT2D eigenvalue weighted by Crippen LogP contribution is 2.03. The van der Waals surface area contributed by atoms with Gasteiger partial charge in [0.1, 0.15) is 0 Å². The summed E-state index contributed by atoms with van der Waals surface area (Å²) in [6.45, 7) is 7.29. The highest BCUT2D eigenvalue weighted by atomic mass is 13.9. The topological polar surface area (TPSA) is 0 Å². The third-order valence-corrected chi connectivity index (χ3v) is 1.48. The molecule has 0 spiro atoms. The van der Waals surface area contributed by atoms with Crippen molar-refractivity contribution in [1.82, 2.24) is 0 Å². The van der Waals surface area contributed by atoms with Crippen molar-refractivity contribution in [3.05, 3.63) is 24.8 Å². The summed E-state index contributed by atoms with van der Waals surface area (Å²) < 4.78 is 0. The maximum Gasteiger partial charge on any atom is -0.0348 e. The predicted molar refractivity (Wildman–Crippen MR) is 46.8 cm³/mol. The molecule has 0 aliphatic heterocycles.